The van der Waals surface area contributed by atoms with Gasteiger partial charge >= 0.3 is 0 Å². The van der Waals surface area contributed by atoms with Gasteiger partial charge in [-0.1, -0.05) is 165 Å². The number of nitrogens with zero attached hydrogens (tertiary/aromatic N) is 8. The van der Waals surface area contributed by atoms with Crippen LogP contribution in [0.5, 0.6) is 46.0 Å². The number of carbonyl (C=O) groups is 6. The highest BCUT2D eigenvalue weighted by molar-refractivity contribution is 6.45. The number of carbonyl (C=O) groups excluding carboxylic acids is 6. The largest absolute Gasteiger partial charge is 0.457 e. The molecule has 22 heteroatoms. The average Bonchev–Trinajstić information content (AvgIpc) is 0.904. The van der Waals surface area contributed by atoms with Crippen LogP contribution < -0.4 is 18.9 Å². The van der Waals surface area contributed by atoms with Gasteiger partial charge < -0.3 is 47.7 Å². The molecule has 6 fully saturated rings. The minimum absolute atomic E-state index is 0.0487. The van der Waals surface area contributed by atoms with Crippen LogP contribution in [0, 0.1) is 0 Å². The first-order valence-corrected chi connectivity index (χ1v) is 43.5. The zero-order chi connectivity index (χ0) is 83.9. The van der Waals surface area contributed by atoms with Gasteiger partial charge in [-0.15, -0.1) is 0 Å². The van der Waals surface area contributed by atoms with Crippen LogP contribution >= 0.6 is 0 Å². The fraction of sp³-hybridized carbons (Fsp3) is 0.380. The Morgan fingerprint density at radius 3 is 0.828 bits per heavy atom. The lowest BCUT2D eigenvalue weighted by atomic mass is 9.80. The number of rotatable bonds is 32. The summed E-state index contributed by atoms with van der Waals surface area (Å²) in [5.74, 6) is -1.45. The topological polar surface area (TPSA) is 215 Å². The van der Waals surface area contributed by atoms with Crippen molar-refractivity contribution >= 4 is 78.5 Å². The highest BCUT2D eigenvalue weighted by Crippen LogP contribution is 2.59. The summed E-state index contributed by atoms with van der Waals surface area (Å²) in [4.78, 5) is 116. The van der Waals surface area contributed by atoms with E-state index in [4.69, 9.17) is 37.9 Å². The van der Waals surface area contributed by atoms with E-state index in [9.17, 15) is 0 Å². The average molecular weight is 1640 g/mol. The van der Waals surface area contributed by atoms with Gasteiger partial charge in [-0.3, -0.25) is 58.2 Å². The normalized spacial score (nSPS) is 19.6. The molecule has 0 saturated carbocycles. The number of piperazine rings is 2. The Morgan fingerprint density at radius 1 is 0.328 bits per heavy atom. The summed E-state index contributed by atoms with van der Waals surface area (Å²) in [7, 11) is 0. The second-order valence-electron chi connectivity index (χ2n) is 35.3. The molecule has 8 aliphatic rings. The molecule has 11 aromatic rings. The molecule has 6 atom stereocenters. The Kier molecular flexibility index (Phi) is 22.2. The van der Waals surface area contributed by atoms with Crippen LogP contribution in [0.3, 0.4) is 0 Å². The third-order valence-corrected chi connectivity index (χ3v) is 25.5. The Balaban J connectivity index is 0.832. The molecular weight excluding hydrogens is 1540 g/mol. The van der Waals surface area contributed by atoms with Gasteiger partial charge in [-0.25, -0.2) is 0 Å². The van der Waals surface area contributed by atoms with Crippen molar-refractivity contribution in [3.63, 3.8) is 0 Å². The standard InChI is InChI=1S/C100H104N8O14/c1-59(2)65-23-15-27-69(43-65)119-81-47-77-85-78(96(110)107(95(77)109)93(63-19-11-9-12-20-63)99(113)105-39-35-101(36-40-105)31-33-103(51-73-55-115-73)52-74-56-116-74)49-83(121-71-29-17-25-67(45-71)61(5)6)89-90-84(122-72-30-18-26-68(46-72)62(7)8)50-80-86-79(48-82(88(92(86)90)87(81)91(85)89)120-70-28-16-24-66(44-70)60(3)4)97(111)108(98(80)112)94(64-21-13-10-14-22-64)100(114)106-41-37-102(38-42-106)32-34-104(53-75-57-117-75)54-76-58-118-76/h9-30,43-50,59-62,73-76,93-94H,31-42,51-58H2,1-8H3. The van der Waals surface area contributed by atoms with E-state index in [-0.39, 0.29) is 104 Å². The minimum atomic E-state index is -1.45. The molecule has 122 heavy (non-hydrogen) atoms. The van der Waals surface area contributed by atoms with Crippen molar-refractivity contribution in [1.29, 1.82) is 0 Å². The predicted molar refractivity (Wildman–Crippen MR) is 467 cm³/mol. The summed E-state index contributed by atoms with van der Waals surface area (Å²) in [6.45, 7) is 30.0. The van der Waals surface area contributed by atoms with Crippen LogP contribution in [0.1, 0.15) is 166 Å². The Labute approximate surface area is 710 Å². The molecular formula is C100H104N8O14. The maximum Gasteiger partial charge on any atom is 0.262 e. The number of epoxide rings is 4. The maximum atomic E-state index is 17.1. The van der Waals surface area contributed by atoms with Crippen LogP contribution in [0.25, 0.3) is 43.1 Å². The molecule has 8 heterocycles. The molecule has 19 rings (SSSR count). The Hall–Kier alpha value is -11.2. The van der Waals surface area contributed by atoms with Crippen molar-refractivity contribution < 1.29 is 66.7 Å². The highest BCUT2D eigenvalue weighted by Gasteiger charge is 2.49. The lowest BCUT2D eigenvalue weighted by Gasteiger charge is -2.40. The lowest BCUT2D eigenvalue weighted by molar-refractivity contribution is -0.138. The van der Waals surface area contributed by atoms with E-state index >= 15 is 28.8 Å². The van der Waals surface area contributed by atoms with Gasteiger partial charge in [0.1, 0.15) is 58.1 Å². The number of hydrogen-bond donors (Lipinski definition) is 0. The number of ether oxygens (including phenoxy) is 8. The van der Waals surface area contributed by atoms with Crippen LogP contribution in [0.4, 0.5) is 0 Å². The Morgan fingerprint density at radius 2 is 0.582 bits per heavy atom. The number of amides is 6. The van der Waals surface area contributed by atoms with Crippen LogP contribution in [0.15, 0.2) is 182 Å². The predicted octanol–water partition coefficient (Wildman–Crippen LogP) is 16.6. The molecule has 0 spiro atoms. The van der Waals surface area contributed by atoms with Gasteiger partial charge in [0.05, 0.1) is 73.1 Å². The number of benzene rings is 11. The molecule has 0 aromatic heterocycles. The summed E-state index contributed by atoms with van der Waals surface area (Å²) in [6.07, 6.45) is 0.908. The monoisotopic (exact) mass is 1640 g/mol. The highest BCUT2D eigenvalue weighted by atomic mass is 16.6. The summed E-state index contributed by atoms with van der Waals surface area (Å²) < 4.78 is 52.8. The number of hydrogen-bond acceptors (Lipinski definition) is 18. The van der Waals surface area contributed by atoms with E-state index in [1.54, 1.807) is 58.3 Å². The SMILES string of the molecule is CC(C)c1cccc(Oc2cc3c4c(cc(Oc5cccc(C(C)C)c5)c5c6c(Oc7cccc(C(C)C)c7)cc7c8c(cc(Oc9cccc(C(C)C)c9)c(c2c45)c86)C(=O)N(C(C(=O)N2CCN(CCN(CC4CO4)CC4CO4)CC2)c2ccccc2)C7=O)C(=O)N(C(C(=O)N2CCN(CCN(CC4CO4)CC4CO4)CC2)c2ccccc2)C3=O)c1. The molecule has 0 radical (unpaired) electrons. The summed E-state index contributed by atoms with van der Waals surface area (Å²) in [5.41, 5.74) is 4.93. The molecule has 8 aliphatic heterocycles. The molecule has 0 N–H and O–H groups in total. The van der Waals surface area contributed by atoms with E-state index in [1.165, 1.54) is 0 Å². The van der Waals surface area contributed by atoms with Gasteiger partial charge in [0.25, 0.3) is 35.4 Å². The van der Waals surface area contributed by atoms with Gasteiger partial charge in [0.2, 0.25) is 0 Å². The van der Waals surface area contributed by atoms with Crippen LogP contribution in [0.2, 0.25) is 0 Å². The van der Waals surface area contributed by atoms with Crippen molar-refractivity contribution in [2.45, 2.75) is 116 Å². The quantitative estimate of drug-likeness (QED) is 0.0166. The van der Waals surface area contributed by atoms with Gasteiger partial charge in [0, 0.05) is 148 Å². The lowest BCUT2D eigenvalue weighted by Crippen LogP contribution is -2.55. The zero-order valence-electron chi connectivity index (χ0n) is 70.5. The molecule has 628 valence electrons. The zero-order valence-corrected chi connectivity index (χ0v) is 70.5. The van der Waals surface area contributed by atoms with Gasteiger partial charge in [0.15, 0.2) is 0 Å². The van der Waals surface area contributed by atoms with E-state index in [0.29, 0.717) is 119 Å². The Bertz CT molecular complexity index is 5250. The van der Waals surface area contributed by atoms with Gasteiger partial charge in [-0.05, 0) is 130 Å². The van der Waals surface area contributed by atoms with E-state index < -0.39 is 47.5 Å². The smallest absolute Gasteiger partial charge is 0.262 e. The first-order valence-electron chi connectivity index (χ1n) is 43.5. The molecule has 6 unspecified atom stereocenters. The van der Waals surface area contributed by atoms with Crippen molar-refractivity contribution in [3.05, 3.63) is 238 Å². The third-order valence-electron chi connectivity index (χ3n) is 25.5. The first-order chi connectivity index (χ1) is 59.2. The molecule has 6 amide bonds. The summed E-state index contributed by atoms with van der Waals surface area (Å²) in [6, 6.07) is 53.0. The number of imide groups is 2. The van der Waals surface area contributed by atoms with E-state index in [0.717, 1.165) is 111 Å². The van der Waals surface area contributed by atoms with Crippen molar-refractivity contribution in [3.8, 4) is 46.0 Å². The second kappa shape index (κ2) is 33.6. The van der Waals surface area contributed by atoms with Crippen molar-refractivity contribution in [2.75, 3.05) is 131 Å². The van der Waals surface area contributed by atoms with Crippen molar-refractivity contribution in [2.24, 2.45) is 0 Å². The summed E-state index contributed by atoms with van der Waals surface area (Å²) >= 11 is 0. The molecule has 0 aliphatic carbocycles. The van der Waals surface area contributed by atoms with E-state index in [2.05, 4.69) is 75.0 Å². The van der Waals surface area contributed by atoms with Crippen LogP contribution in [-0.2, 0) is 28.5 Å². The van der Waals surface area contributed by atoms with Gasteiger partial charge in [-0.2, -0.15) is 0 Å². The number of fused-ring (bicyclic) bond motifs is 2. The molecule has 11 aromatic carbocycles. The fourth-order valence-electron chi connectivity index (χ4n) is 18.3. The third kappa shape index (κ3) is 16.3. The minimum Gasteiger partial charge on any atom is -0.457 e. The van der Waals surface area contributed by atoms with E-state index in [1.807, 2.05) is 133 Å². The molecule has 6 saturated heterocycles. The maximum absolute atomic E-state index is 17.1. The molecule has 0 bridgehead atoms. The molecule has 22 nitrogen and oxygen atoms in total. The van der Waals surface area contributed by atoms with Crippen LogP contribution in [-0.4, -0.2) is 230 Å². The summed E-state index contributed by atoms with van der Waals surface area (Å²) in [5, 5.41) is 2.47. The first kappa shape index (κ1) is 80.5. The second-order valence-corrected chi connectivity index (χ2v) is 35.3. The fourth-order valence-corrected chi connectivity index (χ4v) is 18.3. The van der Waals surface area contributed by atoms with Crippen molar-refractivity contribution in [1.82, 2.24) is 39.2 Å².